The number of nitrogens with one attached hydrogen (secondary N) is 1. The predicted octanol–water partition coefficient (Wildman–Crippen LogP) is 4.32. The molecule has 0 atom stereocenters. The minimum atomic E-state index is -0.227. The number of hydrogen-bond donors (Lipinski definition) is 1. The summed E-state index contributed by atoms with van der Waals surface area (Å²) in [5, 5.41) is 9.52. The average molecular weight is 390 g/mol. The van der Waals surface area contributed by atoms with Crippen LogP contribution in [0, 0.1) is 0 Å². The fourth-order valence-corrected chi connectivity index (χ4v) is 3.53. The van der Waals surface area contributed by atoms with Crippen molar-refractivity contribution in [2.45, 2.75) is 6.54 Å². The number of anilines is 1. The summed E-state index contributed by atoms with van der Waals surface area (Å²) >= 11 is 1.55. The van der Waals surface area contributed by atoms with Crippen LogP contribution in [0.4, 0.5) is 5.69 Å². The number of benzene rings is 1. The Balaban J connectivity index is 1.63. The third kappa shape index (κ3) is 3.94. The van der Waals surface area contributed by atoms with Gasteiger partial charge in [-0.15, -0.1) is 11.3 Å². The highest BCUT2D eigenvalue weighted by atomic mass is 32.1. The fraction of sp³-hybridized carbons (Fsp3) is 0.0952. The van der Waals surface area contributed by atoms with Crippen molar-refractivity contribution in [3.05, 3.63) is 83.5 Å². The van der Waals surface area contributed by atoms with Crippen LogP contribution in [0.15, 0.2) is 72.4 Å². The van der Waals surface area contributed by atoms with Crippen LogP contribution in [0.2, 0.25) is 0 Å². The molecule has 4 aromatic rings. The third-order valence-electron chi connectivity index (χ3n) is 4.15. The van der Waals surface area contributed by atoms with Crippen LogP contribution in [-0.4, -0.2) is 27.8 Å². The molecule has 0 bridgehead atoms. The molecule has 1 N–H and O–H groups in total. The van der Waals surface area contributed by atoms with E-state index >= 15 is 0 Å². The van der Waals surface area contributed by atoms with Gasteiger partial charge in [0.2, 0.25) is 5.88 Å². The molecule has 140 valence electrons. The summed E-state index contributed by atoms with van der Waals surface area (Å²) in [6.45, 7) is 0.594. The van der Waals surface area contributed by atoms with Crippen LogP contribution >= 0.6 is 11.3 Å². The van der Waals surface area contributed by atoms with Gasteiger partial charge in [0.15, 0.2) is 0 Å². The lowest BCUT2D eigenvalue weighted by molar-refractivity contribution is 0.102. The minimum absolute atomic E-state index is 0.227. The summed E-state index contributed by atoms with van der Waals surface area (Å²) < 4.78 is 6.85. The number of thiophene rings is 1. The smallest absolute Gasteiger partial charge is 0.259 e. The first-order chi connectivity index (χ1) is 13.7. The molecule has 0 saturated carbocycles. The molecule has 0 aliphatic carbocycles. The number of nitrogens with zero attached hydrogens (tertiary/aromatic N) is 3. The van der Waals surface area contributed by atoms with E-state index in [1.54, 1.807) is 47.7 Å². The van der Waals surface area contributed by atoms with Gasteiger partial charge in [-0.25, -0.2) is 4.98 Å². The second-order valence-corrected chi connectivity index (χ2v) is 7.04. The summed E-state index contributed by atoms with van der Waals surface area (Å²) in [5.41, 5.74) is 2.91. The minimum Gasteiger partial charge on any atom is -0.481 e. The van der Waals surface area contributed by atoms with Crippen LogP contribution in [0.5, 0.6) is 5.88 Å². The lowest BCUT2D eigenvalue weighted by Crippen LogP contribution is -2.12. The number of rotatable bonds is 6. The monoisotopic (exact) mass is 390 g/mol. The second kappa shape index (κ2) is 8.06. The molecule has 4 rings (SSSR count). The first kappa shape index (κ1) is 17.9. The molecule has 7 heteroatoms. The molecule has 0 saturated heterocycles. The Kier molecular flexibility index (Phi) is 5.16. The van der Waals surface area contributed by atoms with Gasteiger partial charge >= 0.3 is 0 Å². The Hall–Kier alpha value is -3.45. The summed E-state index contributed by atoms with van der Waals surface area (Å²) in [5.74, 6) is 0.266. The Labute approximate surface area is 166 Å². The van der Waals surface area contributed by atoms with Crippen molar-refractivity contribution in [2.75, 3.05) is 12.4 Å². The van der Waals surface area contributed by atoms with E-state index in [1.165, 1.54) is 0 Å². The van der Waals surface area contributed by atoms with Gasteiger partial charge in [-0.3, -0.25) is 9.48 Å². The molecular formula is C21H18N4O2S. The molecule has 0 spiro atoms. The molecule has 0 radical (unpaired) electrons. The summed E-state index contributed by atoms with van der Waals surface area (Å²) in [6, 6.07) is 17.4. The van der Waals surface area contributed by atoms with Crippen LogP contribution in [0.1, 0.15) is 15.9 Å². The highest BCUT2D eigenvalue weighted by Crippen LogP contribution is 2.27. The van der Waals surface area contributed by atoms with Crippen molar-refractivity contribution in [1.82, 2.24) is 14.8 Å². The van der Waals surface area contributed by atoms with Gasteiger partial charge in [0.25, 0.3) is 5.91 Å². The fourth-order valence-electron chi connectivity index (χ4n) is 2.81. The van der Waals surface area contributed by atoms with Gasteiger partial charge in [0.05, 0.1) is 36.0 Å². The molecule has 0 aliphatic heterocycles. The van der Waals surface area contributed by atoms with Crippen molar-refractivity contribution in [2.24, 2.45) is 0 Å². The molecule has 0 aliphatic rings. The Morgan fingerprint density at radius 1 is 1.14 bits per heavy atom. The highest BCUT2D eigenvalue weighted by Gasteiger charge is 2.19. The SMILES string of the molecule is COc1ccc(NC(=O)c2cn(Cc3ccccc3)nc2-c2cccs2)cn1. The van der Waals surface area contributed by atoms with Crippen LogP contribution in [-0.2, 0) is 6.54 Å². The maximum absolute atomic E-state index is 12.9. The zero-order valence-corrected chi connectivity index (χ0v) is 16.0. The number of hydrogen-bond acceptors (Lipinski definition) is 5. The van der Waals surface area contributed by atoms with Gasteiger partial charge in [0, 0.05) is 12.3 Å². The number of carbonyl (C=O) groups is 1. The van der Waals surface area contributed by atoms with Crippen molar-refractivity contribution in [3.8, 4) is 16.5 Å². The van der Waals surface area contributed by atoms with Crippen LogP contribution in [0.25, 0.3) is 10.6 Å². The average Bonchev–Trinajstić information content (AvgIpc) is 3.39. The highest BCUT2D eigenvalue weighted by molar-refractivity contribution is 7.13. The molecule has 1 aromatic carbocycles. The molecule has 3 aromatic heterocycles. The molecule has 6 nitrogen and oxygen atoms in total. The lowest BCUT2D eigenvalue weighted by atomic mass is 10.2. The van der Waals surface area contributed by atoms with E-state index in [0.29, 0.717) is 29.4 Å². The summed E-state index contributed by atoms with van der Waals surface area (Å²) in [7, 11) is 1.55. The first-order valence-corrected chi connectivity index (χ1v) is 9.57. The molecule has 1 amide bonds. The van der Waals surface area contributed by atoms with E-state index in [4.69, 9.17) is 4.74 Å². The van der Waals surface area contributed by atoms with Gasteiger partial charge in [-0.05, 0) is 23.1 Å². The quantitative estimate of drug-likeness (QED) is 0.532. The summed E-state index contributed by atoms with van der Waals surface area (Å²) in [4.78, 5) is 18.0. The maximum atomic E-state index is 12.9. The Bertz CT molecular complexity index is 1060. The number of aromatic nitrogens is 3. The van der Waals surface area contributed by atoms with E-state index in [2.05, 4.69) is 15.4 Å². The van der Waals surface area contributed by atoms with Crippen molar-refractivity contribution in [3.63, 3.8) is 0 Å². The second-order valence-electron chi connectivity index (χ2n) is 6.10. The normalized spacial score (nSPS) is 10.6. The molecule has 0 fully saturated rings. The van der Waals surface area contributed by atoms with E-state index in [-0.39, 0.29) is 5.91 Å². The molecule has 28 heavy (non-hydrogen) atoms. The molecular weight excluding hydrogens is 372 g/mol. The number of carbonyl (C=O) groups excluding carboxylic acids is 1. The van der Waals surface area contributed by atoms with E-state index in [9.17, 15) is 4.79 Å². The van der Waals surface area contributed by atoms with E-state index < -0.39 is 0 Å². The largest absolute Gasteiger partial charge is 0.481 e. The van der Waals surface area contributed by atoms with Crippen molar-refractivity contribution < 1.29 is 9.53 Å². The zero-order chi connectivity index (χ0) is 19.3. The Morgan fingerprint density at radius 2 is 2.00 bits per heavy atom. The van der Waals surface area contributed by atoms with Crippen molar-refractivity contribution in [1.29, 1.82) is 0 Å². The Morgan fingerprint density at radius 3 is 2.68 bits per heavy atom. The number of methoxy groups -OCH3 is 1. The maximum Gasteiger partial charge on any atom is 0.259 e. The van der Waals surface area contributed by atoms with Crippen LogP contribution in [0.3, 0.4) is 0 Å². The lowest BCUT2D eigenvalue weighted by Gasteiger charge is -2.05. The van der Waals surface area contributed by atoms with E-state index in [0.717, 1.165) is 10.4 Å². The predicted molar refractivity (Wildman–Crippen MR) is 110 cm³/mol. The number of ether oxygens (including phenoxy) is 1. The zero-order valence-electron chi connectivity index (χ0n) is 15.2. The first-order valence-electron chi connectivity index (χ1n) is 8.69. The van der Waals surface area contributed by atoms with Gasteiger partial charge < -0.3 is 10.1 Å². The topological polar surface area (TPSA) is 69.0 Å². The third-order valence-corrected chi connectivity index (χ3v) is 5.03. The number of amides is 1. The molecule has 3 heterocycles. The standard InChI is InChI=1S/C21H18N4O2S/c1-27-19-10-9-16(12-22-19)23-21(26)17-14-25(13-15-6-3-2-4-7-15)24-20(17)18-8-5-11-28-18/h2-12,14H,13H2,1H3,(H,23,26). The van der Waals surface area contributed by atoms with Crippen molar-refractivity contribution >= 4 is 22.9 Å². The van der Waals surface area contributed by atoms with Gasteiger partial charge in [0.1, 0.15) is 5.69 Å². The number of pyridine rings is 1. The molecule has 0 unspecified atom stereocenters. The van der Waals surface area contributed by atoms with E-state index in [1.807, 2.05) is 47.8 Å². The van der Waals surface area contributed by atoms with Gasteiger partial charge in [-0.2, -0.15) is 5.10 Å². The van der Waals surface area contributed by atoms with Gasteiger partial charge in [-0.1, -0.05) is 36.4 Å². The summed E-state index contributed by atoms with van der Waals surface area (Å²) in [6.07, 6.45) is 3.35. The van der Waals surface area contributed by atoms with Crippen LogP contribution < -0.4 is 10.1 Å².